The average molecular weight is 252 g/mol. The third kappa shape index (κ3) is 2.53. The Hall–Kier alpha value is -2.24. The quantitative estimate of drug-likeness (QED) is 0.804. The molecule has 2 N–H and O–H groups in total. The summed E-state index contributed by atoms with van der Waals surface area (Å²) in [5.74, 6) is -1.25. The van der Waals surface area contributed by atoms with Crippen molar-refractivity contribution in [1.82, 2.24) is 10.2 Å². The predicted octanol–water partition coefficient (Wildman–Crippen LogP) is 1.13. The van der Waals surface area contributed by atoms with E-state index < -0.39 is 22.6 Å². The largest absolute Gasteiger partial charge is 0.310 e. The highest BCUT2D eigenvalue weighted by Gasteiger charge is 2.08. The number of halogens is 2. The molecule has 0 saturated carbocycles. The number of aryl methyl sites for hydroxylation is 1. The Morgan fingerprint density at radius 3 is 2.28 bits per heavy atom. The van der Waals surface area contributed by atoms with Crippen LogP contribution in [0.3, 0.4) is 0 Å². The summed E-state index contributed by atoms with van der Waals surface area (Å²) in [4.78, 5) is 21.9. The van der Waals surface area contributed by atoms with Gasteiger partial charge in [-0.2, -0.15) is 0 Å². The van der Waals surface area contributed by atoms with Gasteiger partial charge < -0.3 is 5.10 Å². The summed E-state index contributed by atoms with van der Waals surface area (Å²) >= 11 is 0. The highest BCUT2D eigenvalue weighted by Crippen LogP contribution is 2.13. The van der Waals surface area contributed by atoms with Crippen LogP contribution in [0.25, 0.3) is 0 Å². The maximum absolute atomic E-state index is 13.3. The van der Waals surface area contributed by atoms with Gasteiger partial charge in [-0.25, -0.2) is 8.78 Å². The molecule has 0 aliphatic rings. The van der Waals surface area contributed by atoms with E-state index in [1.54, 1.807) is 0 Å². The molecule has 0 saturated heterocycles. The molecule has 6 heteroatoms. The number of hydrogen-bond acceptors (Lipinski definition) is 2. The van der Waals surface area contributed by atoms with Gasteiger partial charge in [0, 0.05) is 17.3 Å². The lowest BCUT2D eigenvalue weighted by Crippen LogP contribution is -2.27. The Morgan fingerprint density at radius 1 is 1.00 bits per heavy atom. The van der Waals surface area contributed by atoms with Crippen LogP contribution in [0.5, 0.6) is 0 Å². The van der Waals surface area contributed by atoms with Crippen molar-refractivity contribution in [2.75, 3.05) is 0 Å². The highest BCUT2D eigenvalue weighted by atomic mass is 19.1. The smallest absolute Gasteiger partial charge is 0.302 e. The molecule has 18 heavy (non-hydrogen) atoms. The fourth-order valence-electron chi connectivity index (χ4n) is 1.62. The van der Waals surface area contributed by atoms with Gasteiger partial charge in [0.15, 0.2) is 0 Å². The van der Waals surface area contributed by atoms with E-state index in [1.807, 2.05) is 0 Å². The first-order valence-corrected chi connectivity index (χ1v) is 5.31. The molecule has 0 bridgehead atoms. The zero-order chi connectivity index (χ0) is 13.1. The number of rotatable bonds is 3. The molecule has 0 radical (unpaired) electrons. The minimum absolute atomic E-state index is 0.0375. The zero-order valence-electron chi connectivity index (χ0n) is 9.30. The Labute approximate surface area is 100 Å². The summed E-state index contributed by atoms with van der Waals surface area (Å²) in [6.45, 7) is 0. The minimum atomic E-state index is -0.754. The molecule has 4 nitrogen and oxygen atoms in total. The lowest BCUT2D eigenvalue weighted by Gasteiger charge is -2.04. The third-order valence-electron chi connectivity index (χ3n) is 2.57. The molecule has 1 aromatic carbocycles. The normalized spacial score (nSPS) is 10.6. The molecule has 1 heterocycles. The number of aromatic amines is 2. The summed E-state index contributed by atoms with van der Waals surface area (Å²) in [5.41, 5.74) is -1.06. The molecule has 0 spiro atoms. The number of benzene rings is 1. The standard InChI is InChI=1S/C12H10F2N2O2/c13-9-2-1-3-10(14)8(9)5-4-7-6-11(17)12(18)16-15-7/h1-3,6H,4-5H2,(H,15,17)(H,16,18). The molecule has 0 unspecified atom stereocenters. The van der Waals surface area contributed by atoms with Gasteiger partial charge in [-0.15, -0.1) is 0 Å². The first-order chi connectivity index (χ1) is 8.58. The van der Waals surface area contributed by atoms with Crippen LogP contribution in [0.4, 0.5) is 8.78 Å². The van der Waals surface area contributed by atoms with Crippen molar-refractivity contribution in [2.45, 2.75) is 12.8 Å². The molecule has 1 aromatic heterocycles. The van der Waals surface area contributed by atoms with Crippen molar-refractivity contribution >= 4 is 0 Å². The molecular weight excluding hydrogens is 242 g/mol. The second kappa shape index (κ2) is 4.95. The van der Waals surface area contributed by atoms with Gasteiger partial charge in [0.05, 0.1) is 0 Å². The summed E-state index contributed by atoms with van der Waals surface area (Å²) < 4.78 is 26.7. The summed E-state index contributed by atoms with van der Waals surface area (Å²) in [7, 11) is 0. The second-order valence-electron chi connectivity index (χ2n) is 3.81. The van der Waals surface area contributed by atoms with Crippen LogP contribution < -0.4 is 11.0 Å². The van der Waals surface area contributed by atoms with Crippen molar-refractivity contribution in [3.05, 3.63) is 67.7 Å². The van der Waals surface area contributed by atoms with Crippen LogP contribution in [-0.2, 0) is 12.8 Å². The Bertz CT molecular complexity index is 656. The van der Waals surface area contributed by atoms with Gasteiger partial charge in [0.2, 0.25) is 5.43 Å². The first-order valence-electron chi connectivity index (χ1n) is 5.31. The fourth-order valence-corrected chi connectivity index (χ4v) is 1.62. The van der Waals surface area contributed by atoms with E-state index in [-0.39, 0.29) is 18.4 Å². The maximum atomic E-state index is 13.3. The van der Waals surface area contributed by atoms with E-state index in [0.29, 0.717) is 5.69 Å². The van der Waals surface area contributed by atoms with Crippen LogP contribution in [0.2, 0.25) is 0 Å². The van der Waals surface area contributed by atoms with Gasteiger partial charge >= 0.3 is 5.56 Å². The molecule has 0 amide bonds. The number of aromatic nitrogens is 2. The molecule has 0 aliphatic carbocycles. The third-order valence-corrected chi connectivity index (χ3v) is 2.57. The minimum Gasteiger partial charge on any atom is -0.302 e. The van der Waals surface area contributed by atoms with Crippen LogP contribution in [0.15, 0.2) is 33.9 Å². The summed E-state index contributed by atoms with van der Waals surface area (Å²) in [6, 6.07) is 4.76. The van der Waals surface area contributed by atoms with Crippen molar-refractivity contribution < 1.29 is 8.78 Å². The van der Waals surface area contributed by atoms with Gasteiger partial charge in [-0.1, -0.05) is 6.07 Å². The van der Waals surface area contributed by atoms with Crippen LogP contribution in [0, 0.1) is 11.6 Å². The van der Waals surface area contributed by atoms with Crippen LogP contribution >= 0.6 is 0 Å². The highest BCUT2D eigenvalue weighted by molar-refractivity contribution is 5.20. The Kier molecular flexibility index (Phi) is 3.36. The van der Waals surface area contributed by atoms with E-state index in [1.165, 1.54) is 18.2 Å². The zero-order valence-corrected chi connectivity index (χ0v) is 9.30. The Balaban J connectivity index is 2.19. The van der Waals surface area contributed by atoms with E-state index in [2.05, 4.69) is 10.2 Å². The molecular formula is C12H10F2N2O2. The van der Waals surface area contributed by atoms with E-state index in [0.717, 1.165) is 6.07 Å². The van der Waals surface area contributed by atoms with Gasteiger partial charge in [0.25, 0.3) is 0 Å². The van der Waals surface area contributed by atoms with E-state index >= 15 is 0 Å². The van der Waals surface area contributed by atoms with Crippen molar-refractivity contribution in [1.29, 1.82) is 0 Å². The first kappa shape index (κ1) is 12.2. The van der Waals surface area contributed by atoms with Crippen molar-refractivity contribution in [3.63, 3.8) is 0 Å². The molecule has 2 aromatic rings. The molecule has 94 valence electrons. The molecule has 0 aliphatic heterocycles. The second-order valence-corrected chi connectivity index (χ2v) is 3.81. The van der Waals surface area contributed by atoms with Gasteiger partial charge in [-0.05, 0) is 25.0 Å². The summed E-state index contributed by atoms with van der Waals surface area (Å²) in [5, 5.41) is 4.66. The summed E-state index contributed by atoms with van der Waals surface area (Å²) in [6.07, 6.45) is 0.324. The predicted molar refractivity (Wildman–Crippen MR) is 61.4 cm³/mol. The lowest BCUT2D eigenvalue weighted by molar-refractivity contribution is 0.553. The SMILES string of the molecule is O=c1cc(CCc2c(F)cccc2F)[nH][nH]c1=O. The van der Waals surface area contributed by atoms with Crippen LogP contribution in [0.1, 0.15) is 11.3 Å². The van der Waals surface area contributed by atoms with Crippen molar-refractivity contribution in [3.8, 4) is 0 Å². The molecule has 0 fully saturated rings. The lowest BCUT2D eigenvalue weighted by atomic mass is 10.1. The van der Waals surface area contributed by atoms with Crippen molar-refractivity contribution in [2.24, 2.45) is 0 Å². The fraction of sp³-hybridized carbons (Fsp3) is 0.167. The topological polar surface area (TPSA) is 65.7 Å². The number of nitrogens with one attached hydrogen (secondary N) is 2. The number of hydrogen-bond donors (Lipinski definition) is 2. The van der Waals surface area contributed by atoms with Gasteiger partial charge in [0.1, 0.15) is 11.6 Å². The monoisotopic (exact) mass is 252 g/mol. The number of H-pyrrole nitrogens is 2. The van der Waals surface area contributed by atoms with E-state index in [4.69, 9.17) is 0 Å². The average Bonchev–Trinajstić information content (AvgIpc) is 2.33. The van der Waals surface area contributed by atoms with Gasteiger partial charge in [-0.3, -0.25) is 14.7 Å². The van der Waals surface area contributed by atoms with E-state index in [9.17, 15) is 18.4 Å². The molecule has 0 atom stereocenters. The van der Waals surface area contributed by atoms with Crippen LogP contribution in [-0.4, -0.2) is 10.2 Å². The maximum Gasteiger partial charge on any atom is 0.310 e. The Morgan fingerprint density at radius 2 is 1.67 bits per heavy atom. The molecule has 2 rings (SSSR count).